The lowest BCUT2D eigenvalue weighted by atomic mass is 10.2. The summed E-state index contributed by atoms with van der Waals surface area (Å²) in [5, 5.41) is 18.5. The fourth-order valence-corrected chi connectivity index (χ4v) is 4.73. The number of carbonyl (C=O) groups excluding carboxylic acids is 2. The van der Waals surface area contributed by atoms with Gasteiger partial charge in [-0.15, -0.1) is 10.2 Å². The molecule has 2 amide bonds. The summed E-state index contributed by atoms with van der Waals surface area (Å²) in [6, 6.07) is 8.28. The topological polar surface area (TPSA) is 167 Å². The van der Waals surface area contributed by atoms with Crippen LogP contribution in [0.25, 0.3) is 17.1 Å². The molecule has 1 fully saturated rings. The van der Waals surface area contributed by atoms with Gasteiger partial charge in [0.2, 0.25) is 5.91 Å². The maximum atomic E-state index is 13.3. The molecule has 17 heteroatoms. The molecule has 1 aliphatic heterocycles. The third-order valence-corrected chi connectivity index (χ3v) is 6.92. The molecular weight excluding hydrogens is 583 g/mol. The molecule has 5 rings (SSSR count). The number of halogens is 4. The Morgan fingerprint density at radius 3 is 2.57 bits per heavy atom. The van der Waals surface area contributed by atoms with Crippen LogP contribution in [-0.4, -0.2) is 80.8 Å². The smallest absolute Gasteiger partial charge is 0.382 e. The lowest BCUT2D eigenvalue weighted by Gasteiger charge is -2.22. The van der Waals surface area contributed by atoms with Crippen molar-refractivity contribution in [3.05, 3.63) is 75.9 Å². The second kappa shape index (κ2) is 11.4. The predicted molar refractivity (Wildman–Crippen MR) is 141 cm³/mol. The highest BCUT2D eigenvalue weighted by molar-refractivity contribution is 6.30. The van der Waals surface area contributed by atoms with Crippen LogP contribution in [0.1, 0.15) is 29.2 Å². The number of rotatable bonds is 8. The molecule has 0 aliphatic carbocycles. The number of aliphatic hydroxyl groups is 1. The van der Waals surface area contributed by atoms with Crippen molar-refractivity contribution in [1.82, 2.24) is 39.0 Å². The molecule has 3 N–H and O–H groups in total. The Balaban J connectivity index is 1.46. The highest BCUT2D eigenvalue weighted by atomic mass is 35.5. The zero-order valence-corrected chi connectivity index (χ0v) is 22.4. The Hall–Kier alpha value is -4.57. The first kappa shape index (κ1) is 28.9. The number of hydrogen-bond donors (Lipinski definition) is 2. The molecule has 2 atom stereocenters. The molecule has 1 unspecified atom stereocenters. The summed E-state index contributed by atoms with van der Waals surface area (Å²) in [7, 11) is 0. The van der Waals surface area contributed by atoms with E-state index in [0.29, 0.717) is 29.0 Å². The van der Waals surface area contributed by atoms with Gasteiger partial charge in [0.05, 0.1) is 12.2 Å². The number of likely N-dealkylation sites (tertiary alicyclic amines) is 1. The summed E-state index contributed by atoms with van der Waals surface area (Å²) in [5.74, 6) is -1.23. The number of nitrogens with zero attached hydrogens (tertiary/aromatic N) is 8. The van der Waals surface area contributed by atoms with Gasteiger partial charge in [0, 0.05) is 23.3 Å². The van der Waals surface area contributed by atoms with Crippen molar-refractivity contribution >= 4 is 23.4 Å². The van der Waals surface area contributed by atoms with Crippen molar-refractivity contribution < 1.29 is 27.9 Å². The SMILES string of the molecule is NC(=O)[C@@H]1CCCN1C(=O)c1ncccc1-n1cnc(Cn2nc(-c3ccc(Cl)cc3)n(CC(O)C(F)(F)F)c2=O)n1. The van der Waals surface area contributed by atoms with Crippen molar-refractivity contribution in [2.75, 3.05) is 6.54 Å². The minimum Gasteiger partial charge on any atom is -0.382 e. The van der Waals surface area contributed by atoms with Gasteiger partial charge in [-0.3, -0.25) is 14.2 Å². The van der Waals surface area contributed by atoms with Crippen LogP contribution in [0.3, 0.4) is 0 Å². The first-order valence-electron chi connectivity index (χ1n) is 12.6. The molecule has 42 heavy (non-hydrogen) atoms. The molecule has 4 heterocycles. The summed E-state index contributed by atoms with van der Waals surface area (Å²) in [5.41, 5.74) is 5.04. The zero-order valence-electron chi connectivity index (χ0n) is 21.6. The van der Waals surface area contributed by atoms with E-state index in [0.717, 1.165) is 4.68 Å². The quantitative estimate of drug-likeness (QED) is 0.304. The molecule has 3 aromatic heterocycles. The van der Waals surface area contributed by atoms with Crippen LogP contribution < -0.4 is 11.4 Å². The second-order valence-electron chi connectivity index (χ2n) is 9.47. The van der Waals surface area contributed by atoms with Gasteiger partial charge in [-0.2, -0.15) is 13.2 Å². The largest absolute Gasteiger partial charge is 0.416 e. The highest BCUT2D eigenvalue weighted by Crippen LogP contribution is 2.25. The molecule has 1 aromatic carbocycles. The number of benzene rings is 1. The van der Waals surface area contributed by atoms with Gasteiger partial charge in [-0.25, -0.2) is 24.1 Å². The molecule has 220 valence electrons. The Morgan fingerprint density at radius 2 is 1.88 bits per heavy atom. The van der Waals surface area contributed by atoms with E-state index in [-0.39, 0.29) is 35.1 Å². The van der Waals surface area contributed by atoms with Crippen molar-refractivity contribution in [2.45, 2.75) is 44.3 Å². The Labute approximate surface area is 240 Å². The van der Waals surface area contributed by atoms with Gasteiger partial charge in [0.25, 0.3) is 5.91 Å². The maximum Gasteiger partial charge on any atom is 0.416 e. The molecule has 0 spiro atoms. The number of hydrogen-bond acceptors (Lipinski definition) is 8. The Kier molecular flexibility index (Phi) is 7.83. The number of alkyl halides is 3. The number of pyridine rings is 1. The number of carbonyl (C=O) groups is 2. The average molecular weight is 606 g/mol. The second-order valence-corrected chi connectivity index (χ2v) is 9.91. The van der Waals surface area contributed by atoms with Crippen LogP contribution in [0.5, 0.6) is 0 Å². The van der Waals surface area contributed by atoms with Gasteiger partial charge in [0.1, 0.15) is 18.9 Å². The normalized spacial score (nSPS) is 16.1. The fourth-order valence-electron chi connectivity index (χ4n) is 4.61. The van der Waals surface area contributed by atoms with E-state index in [2.05, 4.69) is 20.2 Å². The van der Waals surface area contributed by atoms with Gasteiger partial charge in [-0.1, -0.05) is 11.6 Å². The molecule has 0 saturated carbocycles. The van der Waals surface area contributed by atoms with Crippen LogP contribution in [-0.2, 0) is 17.9 Å². The average Bonchev–Trinajstić information content (AvgIpc) is 3.69. The summed E-state index contributed by atoms with van der Waals surface area (Å²) >= 11 is 5.92. The minimum atomic E-state index is -4.97. The van der Waals surface area contributed by atoms with Gasteiger partial charge >= 0.3 is 11.9 Å². The van der Waals surface area contributed by atoms with Crippen molar-refractivity contribution in [3.63, 3.8) is 0 Å². The number of primary amides is 1. The molecule has 1 saturated heterocycles. The number of amides is 2. The van der Waals surface area contributed by atoms with E-state index in [9.17, 15) is 32.7 Å². The highest BCUT2D eigenvalue weighted by Gasteiger charge is 2.39. The van der Waals surface area contributed by atoms with E-state index in [1.54, 1.807) is 12.1 Å². The lowest BCUT2D eigenvalue weighted by molar-refractivity contribution is -0.207. The molecule has 0 radical (unpaired) electrons. The Bertz CT molecular complexity index is 1680. The number of nitrogens with two attached hydrogens (primary N) is 1. The van der Waals surface area contributed by atoms with E-state index in [1.165, 1.54) is 46.4 Å². The maximum absolute atomic E-state index is 13.3. The summed E-state index contributed by atoms with van der Waals surface area (Å²) in [6.07, 6.45) is -4.06. The number of aliphatic hydroxyl groups excluding tert-OH is 1. The molecule has 4 aromatic rings. The van der Waals surface area contributed by atoms with Gasteiger partial charge in [-0.05, 0) is 49.2 Å². The third-order valence-electron chi connectivity index (χ3n) is 6.67. The van der Waals surface area contributed by atoms with Crippen molar-refractivity contribution in [1.29, 1.82) is 0 Å². The van der Waals surface area contributed by atoms with E-state index < -0.39 is 42.4 Å². The van der Waals surface area contributed by atoms with E-state index in [1.807, 2.05) is 0 Å². The predicted octanol–water partition coefficient (Wildman–Crippen LogP) is 1.40. The lowest BCUT2D eigenvalue weighted by Crippen LogP contribution is -2.44. The first-order valence-corrected chi connectivity index (χ1v) is 13.0. The van der Waals surface area contributed by atoms with E-state index >= 15 is 0 Å². The summed E-state index contributed by atoms with van der Waals surface area (Å²) in [6.45, 7) is -1.11. The van der Waals surface area contributed by atoms with Gasteiger partial charge < -0.3 is 15.7 Å². The van der Waals surface area contributed by atoms with Crippen LogP contribution >= 0.6 is 11.6 Å². The van der Waals surface area contributed by atoms with Crippen molar-refractivity contribution in [3.8, 4) is 17.1 Å². The van der Waals surface area contributed by atoms with E-state index in [4.69, 9.17) is 17.3 Å². The standard InChI is InChI=1S/C25H23ClF3N9O4/c26-15-7-5-14(6-8-15)22-34-37(24(42)36(22)11-18(39)25(27,28)29)12-19-32-13-38(33-19)16-3-1-9-31-20(16)23(41)35-10-2-4-17(35)21(30)40/h1,3,5-9,13,17-18,39H,2,4,10-12H2,(H2,30,40)/t17-,18?/m0/s1. The zero-order chi connectivity index (χ0) is 30.2. The van der Waals surface area contributed by atoms with Crippen LogP contribution in [0.15, 0.2) is 53.7 Å². The van der Waals surface area contributed by atoms with Crippen molar-refractivity contribution in [2.24, 2.45) is 5.73 Å². The monoisotopic (exact) mass is 605 g/mol. The number of aromatic nitrogens is 7. The molecule has 13 nitrogen and oxygen atoms in total. The van der Waals surface area contributed by atoms with Gasteiger partial charge in [0.15, 0.2) is 23.4 Å². The first-order chi connectivity index (χ1) is 19.9. The summed E-state index contributed by atoms with van der Waals surface area (Å²) < 4.78 is 42.2. The molecular formula is C25H23ClF3N9O4. The fraction of sp³-hybridized carbons (Fsp3) is 0.320. The van der Waals surface area contributed by atoms with Crippen LogP contribution in [0.4, 0.5) is 13.2 Å². The Morgan fingerprint density at radius 1 is 1.14 bits per heavy atom. The summed E-state index contributed by atoms with van der Waals surface area (Å²) in [4.78, 5) is 47.9. The molecule has 1 aliphatic rings. The third kappa shape index (κ3) is 5.75. The van der Waals surface area contributed by atoms with Crippen LogP contribution in [0.2, 0.25) is 5.02 Å². The minimum absolute atomic E-state index is 0.00490. The molecule has 0 bridgehead atoms. The van der Waals surface area contributed by atoms with Crippen LogP contribution in [0, 0.1) is 0 Å².